The van der Waals surface area contributed by atoms with E-state index in [0.717, 1.165) is 18.2 Å². The Morgan fingerprint density at radius 1 is 1.04 bits per heavy atom. The molecular weight excluding hydrogens is 376 g/mol. The summed E-state index contributed by atoms with van der Waals surface area (Å²) >= 11 is 1.23. The number of aliphatic hydroxyl groups excluding tert-OH is 1. The van der Waals surface area contributed by atoms with Gasteiger partial charge in [-0.1, -0.05) is 24.3 Å². The van der Waals surface area contributed by atoms with Gasteiger partial charge in [0.15, 0.2) is 6.04 Å². The fourth-order valence-corrected chi connectivity index (χ4v) is 3.48. The van der Waals surface area contributed by atoms with Gasteiger partial charge in [-0.3, -0.25) is 4.79 Å². The van der Waals surface area contributed by atoms with Crippen LogP contribution in [-0.4, -0.2) is 42.5 Å². The number of hydrogen-bond acceptors (Lipinski definition) is 5. The first-order chi connectivity index (χ1) is 12.9. The second-order valence-electron chi connectivity index (χ2n) is 5.62. The van der Waals surface area contributed by atoms with Crippen molar-refractivity contribution in [3.05, 3.63) is 71.3 Å². The highest BCUT2D eigenvalue weighted by Crippen LogP contribution is 2.35. The molecule has 0 unspecified atom stereocenters. The van der Waals surface area contributed by atoms with Gasteiger partial charge in [-0.05, 0) is 35.4 Å². The summed E-state index contributed by atoms with van der Waals surface area (Å²) in [6, 6.07) is 10.5. The van der Waals surface area contributed by atoms with E-state index in [1.54, 1.807) is 24.3 Å². The minimum Gasteiger partial charge on any atom is -0.467 e. The zero-order chi connectivity index (χ0) is 19.8. The number of carbonyl (C=O) groups is 2. The monoisotopic (exact) mass is 395 g/mol. The van der Waals surface area contributed by atoms with Crippen LogP contribution in [-0.2, 0) is 14.3 Å². The summed E-state index contributed by atoms with van der Waals surface area (Å²) in [5, 5.41) is 11.2. The molecule has 2 aromatic rings. The molecular formula is C19H19F2NO4S. The molecule has 5 nitrogen and oxygen atoms in total. The number of benzene rings is 2. The molecule has 0 spiro atoms. The van der Waals surface area contributed by atoms with Gasteiger partial charge in [0.2, 0.25) is 5.91 Å². The van der Waals surface area contributed by atoms with Crippen LogP contribution >= 0.6 is 11.8 Å². The number of halogens is 2. The predicted octanol–water partition coefficient (Wildman–Crippen LogP) is 2.44. The SMILES string of the molecule is COC(=O)[C@@H](CO)NC(=O)CSC(c1ccc(F)cc1)c1ccc(F)cc1. The Morgan fingerprint density at radius 2 is 1.52 bits per heavy atom. The van der Waals surface area contributed by atoms with Gasteiger partial charge in [0.1, 0.15) is 11.6 Å². The van der Waals surface area contributed by atoms with Gasteiger partial charge in [-0.25, -0.2) is 13.6 Å². The third-order valence-corrected chi connectivity index (χ3v) is 5.04. The molecule has 0 bridgehead atoms. The molecule has 27 heavy (non-hydrogen) atoms. The topological polar surface area (TPSA) is 75.6 Å². The molecule has 0 fully saturated rings. The summed E-state index contributed by atoms with van der Waals surface area (Å²) in [5.41, 5.74) is 1.49. The van der Waals surface area contributed by atoms with Gasteiger partial charge in [0.05, 0.1) is 24.7 Å². The van der Waals surface area contributed by atoms with Crippen LogP contribution in [0.2, 0.25) is 0 Å². The van der Waals surface area contributed by atoms with Crippen LogP contribution in [0.25, 0.3) is 0 Å². The van der Waals surface area contributed by atoms with Crippen LogP contribution in [0.15, 0.2) is 48.5 Å². The molecule has 0 heterocycles. The summed E-state index contributed by atoms with van der Waals surface area (Å²) in [4.78, 5) is 23.6. The van der Waals surface area contributed by atoms with E-state index in [4.69, 9.17) is 5.11 Å². The van der Waals surface area contributed by atoms with Gasteiger partial charge >= 0.3 is 5.97 Å². The van der Waals surface area contributed by atoms with E-state index in [1.807, 2.05) is 0 Å². The quantitative estimate of drug-likeness (QED) is 0.672. The van der Waals surface area contributed by atoms with Crippen molar-refractivity contribution in [3.63, 3.8) is 0 Å². The van der Waals surface area contributed by atoms with E-state index in [-0.39, 0.29) is 22.6 Å². The molecule has 0 aliphatic rings. The Balaban J connectivity index is 2.12. The standard InChI is InChI=1S/C19H19F2NO4S/c1-26-19(25)16(10-23)22-17(24)11-27-18(12-2-6-14(20)7-3-12)13-4-8-15(21)9-5-13/h2-9,16,18,23H,10-11H2,1H3,(H,22,24)/t16-/m1/s1. The fourth-order valence-electron chi connectivity index (χ4n) is 2.38. The zero-order valence-corrected chi connectivity index (χ0v) is 15.3. The molecule has 0 saturated heterocycles. The van der Waals surface area contributed by atoms with E-state index in [9.17, 15) is 18.4 Å². The summed E-state index contributed by atoms with van der Waals surface area (Å²) in [6.45, 7) is -0.581. The van der Waals surface area contributed by atoms with Crippen molar-refractivity contribution in [2.75, 3.05) is 19.5 Å². The Hall–Kier alpha value is -2.45. The van der Waals surface area contributed by atoms with Crippen LogP contribution < -0.4 is 5.32 Å². The van der Waals surface area contributed by atoms with Crippen molar-refractivity contribution in [3.8, 4) is 0 Å². The molecule has 8 heteroatoms. The van der Waals surface area contributed by atoms with Crippen molar-refractivity contribution in [1.82, 2.24) is 5.32 Å². The molecule has 2 rings (SSSR count). The number of aliphatic hydroxyl groups is 1. The average molecular weight is 395 g/mol. The lowest BCUT2D eigenvalue weighted by Crippen LogP contribution is -2.44. The summed E-state index contributed by atoms with van der Waals surface area (Å²) in [6.07, 6.45) is 0. The van der Waals surface area contributed by atoms with Crippen LogP contribution in [0.4, 0.5) is 8.78 Å². The second-order valence-corrected chi connectivity index (χ2v) is 6.71. The van der Waals surface area contributed by atoms with Gasteiger partial charge in [0.25, 0.3) is 0 Å². The molecule has 0 aliphatic heterocycles. The van der Waals surface area contributed by atoms with Gasteiger partial charge < -0.3 is 15.2 Å². The number of esters is 1. The first-order valence-corrected chi connectivity index (χ1v) is 9.10. The molecule has 0 aliphatic carbocycles. The molecule has 1 atom stereocenters. The van der Waals surface area contributed by atoms with E-state index >= 15 is 0 Å². The van der Waals surface area contributed by atoms with Crippen molar-refractivity contribution in [2.24, 2.45) is 0 Å². The largest absolute Gasteiger partial charge is 0.467 e. The number of ether oxygens (including phenoxy) is 1. The van der Waals surface area contributed by atoms with Crippen molar-refractivity contribution < 1.29 is 28.2 Å². The molecule has 0 saturated carbocycles. The molecule has 144 valence electrons. The van der Waals surface area contributed by atoms with Crippen LogP contribution in [0.1, 0.15) is 16.4 Å². The van der Waals surface area contributed by atoms with Crippen molar-refractivity contribution >= 4 is 23.6 Å². The van der Waals surface area contributed by atoms with Gasteiger partial charge in [0, 0.05) is 0 Å². The molecule has 2 N–H and O–H groups in total. The minimum absolute atomic E-state index is 0.0348. The number of carbonyl (C=O) groups excluding carboxylic acids is 2. The van der Waals surface area contributed by atoms with Crippen LogP contribution in [0.3, 0.4) is 0 Å². The van der Waals surface area contributed by atoms with Crippen LogP contribution in [0.5, 0.6) is 0 Å². The number of hydrogen-bond donors (Lipinski definition) is 2. The molecule has 2 aromatic carbocycles. The van der Waals surface area contributed by atoms with Gasteiger partial charge in [-0.2, -0.15) is 0 Å². The Labute approximate surface area is 159 Å². The highest BCUT2D eigenvalue weighted by atomic mass is 32.2. The fraction of sp³-hybridized carbons (Fsp3) is 0.263. The maximum absolute atomic E-state index is 13.2. The van der Waals surface area contributed by atoms with Crippen molar-refractivity contribution in [1.29, 1.82) is 0 Å². The van der Waals surface area contributed by atoms with E-state index in [2.05, 4.69) is 10.1 Å². The first-order valence-electron chi connectivity index (χ1n) is 8.05. The van der Waals surface area contributed by atoms with Gasteiger partial charge in [-0.15, -0.1) is 11.8 Å². The van der Waals surface area contributed by atoms with E-state index in [1.165, 1.54) is 36.0 Å². The number of amides is 1. The van der Waals surface area contributed by atoms with E-state index < -0.39 is 24.5 Å². The van der Waals surface area contributed by atoms with Crippen molar-refractivity contribution in [2.45, 2.75) is 11.3 Å². The number of methoxy groups -OCH3 is 1. The summed E-state index contributed by atoms with van der Waals surface area (Å²) < 4.78 is 30.9. The second kappa shape index (κ2) is 10.0. The average Bonchev–Trinajstić information content (AvgIpc) is 2.68. The summed E-state index contributed by atoms with van der Waals surface area (Å²) in [5.74, 6) is -2.03. The Kier molecular flexibility index (Phi) is 7.75. The highest BCUT2D eigenvalue weighted by molar-refractivity contribution is 8.00. The summed E-state index contributed by atoms with van der Waals surface area (Å²) in [7, 11) is 1.16. The van der Waals surface area contributed by atoms with E-state index in [0.29, 0.717) is 0 Å². The smallest absolute Gasteiger partial charge is 0.330 e. The van der Waals surface area contributed by atoms with Crippen LogP contribution in [0, 0.1) is 11.6 Å². The molecule has 0 aromatic heterocycles. The Morgan fingerprint density at radius 3 is 1.93 bits per heavy atom. The molecule has 1 amide bonds. The highest BCUT2D eigenvalue weighted by Gasteiger charge is 2.22. The Bertz CT molecular complexity index is 723. The number of thioether (sulfide) groups is 1. The maximum atomic E-state index is 13.2. The third-order valence-electron chi connectivity index (χ3n) is 3.73. The zero-order valence-electron chi connectivity index (χ0n) is 14.5. The maximum Gasteiger partial charge on any atom is 0.330 e. The predicted molar refractivity (Wildman–Crippen MR) is 98.1 cm³/mol. The number of rotatable bonds is 8. The first kappa shape index (κ1) is 20.9. The lowest BCUT2D eigenvalue weighted by Gasteiger charge is -2.19. The number of nitrogens with one attached hydrogen (secondary N) is 1. The lowest BCUT2D eigenvalue weighted by molar-refractivity contribution is -0.145. The normalized spacial score (nSPS) is 11.9. The third kappa shape index (κ3) is 6.04. The lowest BCUT2D eigenvalue weighted by atomic mass is 10.0. The molecule has 0 radical (unpaired) electrons. The minimum atomic E-state index is -1.14.